The van der Waals surface area contributed by atoms with E-state index in [1.165, 1.54) is 25.1 Å². The van der Waals surface area contributed by atoms with Crippen molar-refractivity contribution in [1.29, 1.82) is 0 Å². The second-order valence-corrected chi connectivity index (χ2v) is 4.72. The van der Waals surface area contributed by atoms with Crippen molar-refractivity contribution in [3.63, 3.8) is 0 Å². The van der Waals surface area contributed by atoms with Crippen LogP contribution >= 0.6 is 15.9 Å². The molecule has 1 aromatic carbocycles. The summed E-state index contributed by atoms with van der Waals surface area (Å²) in [6, 6.07) is 4.00. The summed E-state index contributed by atoms with van der Waals surface area (Å²) in [5.41, 5.74) is 0.449. The van der Waals surface area contributed by atoms with Crippen molar-refractivity contribution in [1.82, 2.24) is 0 Å². The molecule has 1 rings (SSSR count). The van der Waals surface area contributed by atoms with E-state index in [4.69, 9.17) is 9.84 Å². The Hall–Kier alpha value is -1.69. The lowest BCUT2D eigenvalue weighted by Gasteiger charge is -2.12. The highest BCUT2D eigenvalue weighted by Crippen LogP contribution is 2.28. The van der Waals surface area contributed by atoms with Gasteiger partial charge in [0, 0.05) is 0 Å². The minimum absolute atomic E-state index is 0.0324. The van der Waals surface area contributed by atoms with E-state index in [-0.39, 0.29) is 23.5 Å². The zero-order chi connectivity index (χ0) is 14.6. The molecule has 0 aliphatic carbocycles. The molecule has 0 radical (unpaired) electrons. The average Bonchev–Trinajstić information content (AvgIpc) is 2.37. The van der Waals surface area contributed by atoms with E-state index in [1.54, 1.807) is 6.92 Å². The molecule has 0 aliphatic rings. The molecule has 5 nitrogen and oxygen atoms in total. The van der Waals surface area contributed by atoms with Gasteiger partial charge < -0.3 is 9.84 Å². The van der Waals surface area contributed by atoms with E-state index >= 15 is 0 Å². The number of esters is 1. The first kappa shape index (κ1) is 15.4. The first-order chi connectivity index (χ1) is 8.88. The van der Waals surface area contributed by atoms with Crippen molar-refractivity contribution in [3.05, 3.63) is 34.9 Å². The lowest BCUT2D eigenvalue weighted by atomic mass is 10.00. The van der Waals surface area contributed by atoms with Gasteiger partial charge in [-0.15, -0.1) is 0 Å². The Kier molecular flexibility index (Phi) is 5.23. The van der Waals surface area contributed by atoms with Crippen molar-refractivity contribution < 1.29 is 24.2 Å². The summed E-state index contributed by atoms with van der Waals surface area (Å²) in [5.74, 6) is -1.98. The fourth-order valence-corrected chi connectivity index (χ4v) is 1.91. The summed E-state index contributed by atoms with van der Waals surface area (Å²) >= 11 is 3.18. The fourth-order valence-electron chi connectivity index (χ4n) is 1.51. The van der Waals surface area contributed by atoms with Gasteiger partial charge in [0.25, 0.3) is 0 Å². The SMILES string of the molecule is CCOC(=O)c1cc(C(=O)O)ccc1C(Br)C(C)=O. The molecule has 102 valence electrons. The smallest absolute Gasteiger partial charge is 0.338 e. The van der Waals surface area contributed by atoms with Crippen LogP contribution in [0.25, 0.3) is 0 Å². The van der Waals surface area contributed by atoms with Crippen LogP contribution in [0, 0.1) is 0 Å². The number of aromatic carboxylic acids is 1. The average molecular weight is 329 g/mol. The molecule has 1 aromatic rings. The summed E-state index contributed by atoms with van der Waals surface area (Å²) in [5, 5.41) is 8.93. The first-order valence-corrected chi connectivity index (χ1v) is 6.49. The number of benzene rings is 1. The topological polar surface area (TPSA) is 80.7 Å². The van der Waals surface area contributed by atoms with E-state index in [1.807, 2.05) is 0 Å². The number of ether oxygens (including phenoxy) is 1. The van der Waals surface area contributed by atoms with Crippen molar-refractivity contribution in [2.75, 3.05) is 6.61 Å². The highest BCUT2D eigenvalue weighted by atomic mass is 79.9. The number of ketones is 1. The predicted molar refractivity (Wildman–Crippen MR) is 71.7 cm³/mol. The zero-order valence-electron chi connectivity index (χ0n) is 10.5. The zero-order valence-corrected chi connectivity index (χ0v) is 12.1. The number of carboxylic acid groups (broad SMARTS) is 1. The Labute approximate surface area is 118 Å². The van der Waals surface area contributed by atoms with Crippen LogP contribution in [-0.2, 0) is 9.53 Å². The molecule has 0 saturated heterocycles. The van der Waals surface area contributed by atoms with Crippen LogP contribution in [0.5, 0.6) is 0 Å². The molecule has 0 amide bonds. The third-order valence-electron chi connectivity index (χ3n) is 2.43. The monoisotopic (exact) mass is 328 g/mol. The van der Waals surface area contributed by atoms with E-state index in [2.05, 4.69) is 15.9 Å². The number of halogens is 1. The molecule has 1 unspecified atom stereocenters. The van der Waals surface area contributed by atoms with Gasteiger partial charge in [-0.25, -0.2) is 9.59 Å². The lowest BCUT2D eigenvalue weighted by Crippen LogP contribution is -2.13. The van der Waals surface area contributed by atoms with Crippen LogP contribution < -0.4 is 0 Å². The number of alkyl halides is 1. The standard InChI is InChI=1S/C13H13BrO5/c1-3-19-13(18)10-6-8(12(16)17)4-5-9(10)11(14)7(2)15/h4-6,11H,3H2,1-2H3,(H,16,17). The number of carboxylic acids is 1. The van der Waals surface area contributed by atoms with Gasteiger partial charge in [0.1, 0.15) is 5.78 Å². The van der Waals surface area contributed by atoms with E-state index in [0.29, 0.717) is 5.56 Å². The molecule has 1 N–H and O–H groups in total. The lowest BCUT2D eigenvalue weighted by molar-refractivity contribution is -0.116. The number of hydrogen-bond acceptors (Lipinski definition) is 4. The molecule has 6 heteroatoms. The van der Waals surface area contributed by atoms with Gasteiger partial charge in [-0.2, -0.15) is 0 Å². The Morgan fingerprint density at radius 1 is 1.37 bits per heavy atom. The molecular formula is C13H13BrO5. The van der Waals surface area contributed by atoms with Crippen molar-refractivity contribution in [3.8, 4) is 0 Å². The number of hydrogen-bond donors (Lipinski definition) is 1. The summed E-state index contributed by atoms with van der Waals surface area (Å²) < 4.78 is 4.87. The highest BCUT2D eigenvalue weighted by Gasteiger charge is 2.22. The van der Waals surface area contributed by atoms with Gasteiger partial charge in [-0.1, -0.05) is 22.0 Å². The Bertz CT molecular complexity index is 524. The number of carbonyl (C=O) groups is 3. The third kappa shape index (κ3) is 3.64. The maximum atomic E-state index is 11.8. The summed E-state index contributed by atoms with van der Waals surface area (Å²) in [6.07, 6.45) is 0. The minimum atomic E-state index is -1.15. The molecule has 0 heterocycles. The number of rotatable bonds is 5. The Balaban J connectivity index is 3.34. The fraction of sp³-hybridized carbons (Fsp3) is 0.308. The van der Waals surface area contributed by atoms with Crippen LogP contribution in [0.15, 0.2) is 18.2 Å². The van der Waals surface area contributed by atoms with Crippen molar-refractivity contribution in [2.45, 2.75) is 18.7 Å². The van der Waals surface area contributed by atoms with Crippen LogP contribution in [0.3, 0.4) is 0 Å². The molecular weight excluding hydrogens is 316 g/mol. The Morgan fingerprint density at radius 2 is 2.00 bits per heavy atom. The minimum Gasteiger partial charge on any atom is -0.478 e. The Morgan fingerprint density at radius 3 is 2.47 bits per heavy atom. The molecule has 0 aliphatic heterocycles. The van der Waals surface area contributed by atoms with Crippen LogP contribution in [-0.4, -0.2) is 29.4 Å². The molecule has 0 aromatic heterocycles. The molecule has 0 fully saturated rings. The van der Waals surface area contributed by atoms with E-state index in [9.17, 15) is 14.4 Å². The first-order valence-electron chi connectivity index (χ1n) is 5.57. The van der Waals surface area contributed by atoms with Crippen LogP contribution in [0.4, 0.5) is 0 Å². The quantitative estimate of drug-likeness (QED) is 0.663. The normalized spacial score (nSPS) is 11.7. The van der Waals surface area contributed by atoms with Gasteiger partial charge in [-0.05, 0) is 31.5 Å². The second kappa shape index (κ2) is 6.47. The molecule has 0 bridgehead atoms. The third-order valence-corrected chi connectivity index (χ3v) is 3.56. The van der Waals surface area contributed by atoms with Gasteiger partial charge in [0.2, 0.25) is 0 Å². The highest BCUT2D eigenvalue weighted by molar-refractivity contribution is 9.09. The van der Waals surface area contributed by atoms with Gasteiger partial charge in [0.15, 0.2) is 0 Å². The predicted octanol–water partition coefficient (Wildman–Crippen LogP) is 2.59. The van der Waals surface area contributed by atoms with E-state index in [0.717, 1.165) is 0 Å². The van der Waals surface area contributed by atoms with Crippen LogP contribution in [0.2, 0.25) is 0 Å². The second-order valence-electron chi connectivity index (χ2n) is 3.80. The molecule has 0 spiro atoms. The van der Waals surface area contributed by atoms with Gasteiger partial charge in [-0.3, -0.25) is 4.79 Å². The summed E-state index contributed by atoms with van der Waals surface area (Å²) in [7, 11) is 0. The van der Waals surface area contributed by atoms with Gasteiger partial charge in [0.05, 0.1) is 22.6 Å². The number of Topliss-reactive ketones (excluding diaryl/α,β-unsaturated/α-hetero) is 1. The maximum Gasteiger partial charge on any atom is 0.338 e. The number of carbonyl (C=O) groups excluding carboxylic acids is 2. The maximum absolute atomic E-state index is 11.8. The van der Waals surface area contributed by atoms with Gasteiger partial charge >= 0.3 is 11.9 Å². The van der Waals surface area contributed by atoms with Crippen molar-refractivity contribution >= 4 is 33.7 Å². The van der Waals surface area contributed by atoms with Crippen LogP contribution in [0.1, 0.15) is 45.0 Å². The summed E-state index contributed by atoms with van der Waals surface area (Å²) in [6.45, 7) is 3.19. The molecule has 0 saturated carbocycles. The molecule has 19 heavy (non-hydrogen) atoms. The van der Waals surface area contributed by atoms with E-state index < -0.39 is 16.8 Å². The van der Waals surface area contributed by atoms with Crippen molar-refractivity contribution in [2.24, 2.45) is 0 Å². The summed E-state index contributed by atoms with van der Waals surface area (Å²) in [4.78, 5) is 33.4. The largest absolute Gasteiger partial charge is 0.478 e. The molecule has 1 atom stereocenters.